The van der Waals surface area contributed by atoms with Gasteiger partial charge in [-0.05, 0) is 35.9 Å². The standard InChI is InChI=1S/C15H12F2O2/c1-19-12-5-2-10(3-6-12)8-15(18)13-9-11(16)4-7-14(13)17/h2-7,9H,8H2,1H3. The van der Waals surface area contributed by atoms with E-state index in [9.17, 15) is 13.6 Å². The van der Waals surface area contributed by atoms with Crippen LogP contribution in [0.4, 0.5) is 8.78 Å². The van der Waals surface area contributed by atoms with Crippen LogP contribution in [0.1, 0.15) is 15.9 Å². The maximum Gasteiger partial charge on any atom is 0.170 e. The van der Waals surface area contributed by atoms with Crippen molar-refractivity contribution in [3.8, 4) is 5.75 Å². The van der Waals surface area contributed by atoms with Crippen LogP contribution >= 0.6 is 0 Å². The van der Waals surface area contributed by atoms with Crippen LogP contribution in [0.15, 0.2) is 42.5 Å². The Balaban J connectivity index is 2.18. The van der Waals surface area contributed by atoms with Crippen molar-refractivity contribution in [2.24, 2.45) is 0 Å². The fourth-order valence-electron chi connectivity index (χ4n) is 1.74. The molecule has 0 saturated carbocycles. The lowest BCUT2D eigenvalue weighted by Crippen LogP contribution is -2.06. The molecule has 2 aromatic carbocycles. The Labute approximate surface area is 109 Å². The van der Waals surface area contributed by atoms with Gasteiger partial charge in [0.2, 0.25) is 0 Å². The van der Waals surface area contributed by atoms with Crippen LogP contribution in [-0.4, -0.2) is 12.9 Å². The number of methoxy groups -OCH3 is 1. The molecule has 0 amide bonds. The van der Waals surface area contributed by atoms with Gasteiger partial charge in [0, 0.05) is 6.42 Å². The van der Waals surface area contributed by atoms with Gasteiger partial charge < -0.3 is 4.74 Å². The van der Waals surface area contributed by atoms with Crippen molar-refractivity contribution in [3.05, 3.63) is 65.2 Å². The number of ether oxygens (including phenoxy) is 1. The Morgan fingerprint density at radius 3 is 2.42 bits per heavy atom. The third-order valence-corrected chi connectivity index (χ3v) is 2.75. The van der Waals surface area contributed by atoms with Gasteiger partial charge in [-0.3, -0.25) is 4.79 Å². The Hall–Kier alpha value is -2.23. The van der Waals surface area contributed by atoms with E-state index in [1.54, 1.807) is 31.4 Å². The first-order chi connectivity index (χ1) is 9.10. The van der Waals surface area contributed by atoms with Gasteiger partial charge in [0.25, 0.3) is 0 Å². The van der Waals surface area contributed by atoms with E-state index in [2.05, 4.69) is 0 Å². The molecule has 0 bridgehead atoms. The maximum absolute atomic E-state index is 13.4. The molecular weight excluding hydrogens is 250 g/mol. The fraction of sp³-hybridized carbons (Fsp3) is 0.133. The number of hydrogen-bond donors (Lipinski definition) is 0. The van der Waals surface area contributed by atoms with Gasteiger partial charge >= 0.3 is 0 Å². The van der Waals surface area contributed by atoms with Crippen molar-refractivity contribution in [2.75, 3.05) is 7.11 Å². The molecule has 4 heteroatoms. The van der Waals surface area contributed by atoms with Crippen molar-refractivity contribution < 1.29 is 18.3 Å². The van der Waals surface area contributed by atoms with Gasteiger partial charge in [-0.25, -0.2) is 8.78 Å². The number of halogens is 2. The highest BCUT2D eigenvalue weighted by atomic mass is 19.1. The van der Waals surface area contributed by atoms with Crippen LogP contribution in [0.3, 0.4) is 0 Å². The molecule has 98 valence electrons. The summed E-state index contributed by atoms with van der Waals surface area (Å²) in [5.74, 6) is -1.12. The Morgan fingerprint density at radius 2 is 1.79 bits per heavy atom. The zero-order valence-electron chi connectivity index (χ0n) is 10.3. The minimum Gasteiger partial charge on any atom is -0.497 e. The largest absolute Gasteiger partial charge is 0.497 e. The Bertz CT molecular complexity index is 592. The van der Waals surface area contributed by atoms with Gasteiger partial charge in [0.1, 0.15) is 17.4 Å². The van der Waals surface area contributed by atoms with Gasteiger partial charge in [-0.2, -0.15) is 0 Å². The first-order valence-electron chi connectivity index (χ1n) is 5.71. The van der Waals surface area contributed by atoms with Crippen LogP contribution in [-0.2, 0) is 6.42 Å². The summed E-state index contributed by atoms with van der Waals surface area (Å²) in [6, 6.07) is 9.72. The quantitative estimate of drug-likeness (QED) is 0.789. The number of hydrogen-bond acceptors (Lipinski definition) is 2. The molecule has 2 aromatic rings. The van der Waals surface area contributed by atoms with Crippen molar-refractivity contribution >= 4 is 5.78 Å². The van der Waals surface area contributed by atoms with E-state index in [1.165, 1.54) is 0 Å². The summed E-state index contributed by atoms with van der Waals surface area (Å²) in [7, 11) is 1.54. The van der Waals surface area contributed by atoms with Crippen LogP contribution in [0.5, 0.6) is 5.75 Å². The summed E-state index contributed by atoms with van der Waals surface area (Å²) < 4.78 is 31.4. The number of rotatable bonds is 4. The summed E-state index contributed by atoms with van der Waals surface area (Å²) in [6.45, 7) is 0. The summed E-state index contributed by atoms with van der Waals surface area (Å²) in [5.41, 5.74) is 0.491. The molecular formula is C15H12F2O2. The Morgan fingerprint density at radius 1 is 1.11 bits per heavy atom. The first kappa shape index (κ1) is 13.2. The third kappa shape index (κ3) is 3.16. The van der Waals surface area contributed by atoms with Gasteiger partial charge in [-0.1, -0.05) is 12.1 Å². The average Bonchev–Trinajstić information content (AvgIpc) is 2.42. The van der Waals surface area contributed by atoms with Crippen molar-refractivity contribution in [2.45, 2.75) is 6.42 Å². The smallest absolute Gasteiger partial charge is 0.170 e. The predicted molar refractivity (Wildman–Crippen MR) is 67.4 cm³/mol. The number of Topliss-reactive ketones (excluding diaryl/α,β-unsaturated/α-hetero) is 1. The zero-order chi connectivity index (χ0) is 13.8. The molecule has 0 aliphatic heterocycles. The maximum atomic E-state index is 13.4. The van der Waals surface area contributed by atoms with E-state index >= 15 is 0 Å². The lowest BCUT2D eigenvalue weighted by molar-refractivity contribution is 0.0988. The zero-order valence-corrected chi connectivity index (χ0v) is 10.3. The highest BCUT2D eigenvalue weighted by Gasteiger charge is 2.13. The van der Waals surface area contributed by atoms with Crippen LogP contribution in [0.25, 0.3) is 0 Å². The molecule has 2 nitrogen and oxygen atoms in total. The monoisotopic (exact) mass is 262 g/mol. The topological polar surface area (TPSA) is 26.3 Å². The normalized spacial score (nSPS) is 10.3. The molecule has 2 rings (SSSR count). The van der Waals surface area contributed by atoms with Gasteiger partial charge in [0.05, 0.1) is 12.7 Å². The average molecular weight is 262 g/mol. The molecule has 19 heavy (non-hydrogen) atoms. The SMILES string of the molecule is COc1ccc(CC(=O)c2cc(F)ccc2F)cc1. The van der Waals surface area contributed by atoms with Gasteiger partial charge in [-0.15, -0.1) is 0 Å². The molecule has 0 unspecified atom stereocenters. The number of benzene rings is 2. The number of carbonyl (C=O) groups excluding carboxylic acids is 1. The number of carbonyl (C=O) groups is 1. The van der Waals surface area contributed by atoms with Crippen LogP contribution < -0.4 is 4.74 Å². The summed E-state index contributed by atoms with van der Waals surface area (Å²) in [5, 5.41) is 0. The van der Waals surface area contributed by atoms with Gasteiger partial charge in [0.15, 0.2) is 5.78 Å². The number of ketones is 1. The molecule has 0 spiro atoms. The van der Waals surface area contributed by atoms with Crippen molar-refractivity contribution in [1.82, 2.24) is 0 Å². The van der Waals surface area contributed by atoms with E-state index in [0.717, 1.165) is 23.8 Å². The van der Waals surface area contributed by atoms with Crippen molar-refractivity contribution in [3.63, 3.8) is 0 Å². The fourth-order valence-corrected chi connectivity index (χ4v) is 1.74. The highest BCUT2D eigenvalue weighted by molar-refractivity contribution is 5.97. The first-order valence-corrected chi connectivity index (χ1v) is 5.71. The minimum absolute atomic E-state index is 0.0182. The summed E-state index contributed by atoms with van der Waals surface area (Å²) in [4.78, 5) is 11.9. The molecule has 0 N–H and O–H groups in total. The molecule has 0 radical (unpaired) electrons. The molecule has 0 atom stereocenters. The molecule has 0 aliphatic carbocycles. The molecule has 0 fully saturated rings. The van der Waals surface area contributed by atoms with E-state index in [1.807, 2.05) is 0 Å². The lowest BCUT2D eigenvalue weighted by Gasteiger charge is -2.04. The third-order valence-electron chi connectivity index (χ3n) is 2.75. The lowest BCUT2D eigenvalue weighted by atomic mass is 10.0. The molecule has 0 aromatic heterocycles. The van der Waals surface area contributed by atoms with E-state index < -0.39 is 17.4 Å². The molecule has 0 saturated heterocycles. The second-order valence-electron chi connectivity index (χ2n) is 4.07. The predicted octanol–water partition coefficient (Wildman–Crippen LogP) is 3.40. The summed E-state index contributed by atoms with van der Waals surface area (Å²) >= 11 is 0. The second kappa shape index (κ2) is 5.61. The molecule has 0 heterocycles. The van der Waals surface area contributed by atoms with Crippen LogP contribution in [0, 0.1) is 11.6 Å². The van der Waals surface area contributed by atoms with E-state index in [-0.39, 0.29) is 12.0 Å². The van der Waals surface area contributed by atoms with Crippen LogP contribution in [0.2, 0.25) is 0 Å². The molecule has 0 aliphatic rings. The Kier molecular flexibility index (Phi) is 3.90. The van der Waals surface area contributed by atoms with Crippen molar-refractivity contribution in [1.29, 1.82) is 0 Å². The minimum atomic E-state index is -0.708. The van der Waals surface area contributed by atoms with E-state index in [0.29, 0.717) is 5.75 Å². The second-order valence-corrected chi connectivity index (χ2v) is 4.07. The summed E-state index contributed by atoms with van der Waals surface area (Å²) in [6.07, 6.45) is 0.0182. The highest BCUT2D eigenvalue weighted by Crippen LogP contribution is 2.16. The van der Waals surface area contributed by atoms with E-state index in [4.69, 9.17) is 4.74 Å².